The van der Waals surface area contributed by atoms with Gasteiger partial charge in [0.2, 0.25) is 11.8 Å². The molecule has 9 heteroatoms. The van der Waals surface area contributed by atoms with E-state index >= 15 is 0 Å². The van der Waals surface area contributed by atoms with Crippen LogP contribution in [0.2, 0.25) is 0 Å². The number of rotatable bonds is 15. The quantitative estimate of drug-likeness (QED) is 0.185. The highest BCUT2D eigenvalue weighted by Gasteiger charge is 2.18. The molecule has 3 aromatic carbocycles. The lowest BCUT2D eigenvalue weighted by Gasteiger charge is -2.18. The SMILES string of the molecule is O=C(O)CC(NC(=O)CNC(=O)CCCCNC(=O)NCCc1ccccc1)c1ccc(-c2ccccc2)cc1. The van der Waals surface area contributed by atoms with E-state index in [-0.39, 0.29) is 31.3 Å². The Kier molecular flexibility index (Phi) is 12.2. The van der Waals surface area contributed by atoms with Crippen LogP contribution in [0.5, 0.6) is 0 Å². The second-order valence-corrected chi connectivity index (χ2v) is 9.36. The van der Waals surface area contributed by atoms with Crippen molar-refractivity contribution in [1.29, 1.82) is 0 Å². The van der Waals surface area contributed by atoms with Crippen LogP contribution in [-0.4, -0.2) is 48.6 Å². The summed E-state index contributed by atoms with van der Waals surface area (Å²) in [5.41, 5.74) is 3.83. The molecule has 0 bridgehead atoms. The van der Waals surface area contributed by atoms with Gasteiger partial charge in [-0.25, -0.2) is 4.79 Å². The molecule has 0 aliphatic carbocycles. The Bertz CT molecular complexity index is 1230. The van der Waals surface area contributed by atoms with E-state index in [1.807, 2.05) is 72.8 Å². The number of urea groups is 1. The van der Waals surface area contributed by atoms with Crippen LogP contribution in [0, 0.1) is 0 Å². The molecule has 0 saturated carbocycles. The van der Waals surface area contributed by atoms with E-state index in [0.717, 1.165) is 23.1 Å². The molecule has 9 nitrogen and oxygen atoms in total. The largest absolute Gasteiger partial charge is 0.481 e. The predicted molar refractivity (Wildman–Crippen MR) is 153 cm³/mol. The minimum absolute atomic E-state index is 0.212. The molecule has 0 aromatic heterocycles. The first-order valence-corrected chi connectivity index (χ1v) is 13.4. The molecule has 0 heterocycles. The van der Waals surface area contributed by atoms with Crippen LogP contribution >= 0.6 is 0 Å². The van der Waals surface area contributed by atoms with E-state index in [1.54, 1.807) is 12.1 Å². The van der Waals surface area contributed by atoms with Gasteiger partial charge in [-0.15, -0.1) is 0 Å². The smallest absolute Gasteiger partial charge is 0.314 e. The molecule has 3 aromatic rings. The molecule has 0 fully saturated rings. The molecule has 1 unspecified atom stereocenters. The first kappa shape index (κ1) is 29.9. The van der Waals surface area contributed by atoms with Crippen molar-refractivity contribution >= 4 is 23.8 Å². The lowest BCUT2D eigenvalue weighted by atomic mass is 9.99. The fourth-order valence-corrected chi connectivity index (χ4v) is 4.12. The Balaban J connectivity index is 1.32. The van der Waals surface area contributed by atoms with Crippen LogP contribution in [0.1, 0.15) is 42.9 Å². The zero-order chi connectivity index (χ0) is 28.6. The first-order chi connectivity index (χ1) is 19.4. The summed E-state index contributed by atoms with van der Waals surface area (Å²) in [6.07, 6.45) is 1.85. The lowest BCUT2D eigenvalue weighted by Crippen LogP contribution is -2.39. The average Bonchev–Trinajstić information content (AvgIpc) is 2.96. The highest BCUT2D eigenvalue weighted by Crippen LogP contribution is 2.23. The number of carbonyl (C=O) groups is 4. The van der Waals surface area contributed by atoms with Crippen LogP contribution in [0.25, 0.3) is 11.1 Å². The summed E-state index contributed by atoms with van der Waals surface area (Å²) in [5.74, 6) is -1.80. The monoisotopic (exact) mass is 544 g/mol. The van der Waals surface area contributed by atoms with Crippen LogP contribution in [0.4, 0.5) is 4.79 Å². The molecule has 1 atom stereocenters. The predicted octanol–water partition coefficient (Wildman–Crippen LogP) is 3.81. The third kappa shape index (κ3) is 11.0. The Morgan fingerprint density at radius 3 is 1.98 bits per heavy atom. The number of benzene rings is 3. The number of unbranched alkanes of at least 4 members (excludes halogenated alkanes) is 1. The van der Waals surface area contributed by atoms with Gasteiger partial charge in [0.05, 0.1) is 19.0 Å². The van der Waals surface area contributed by atoms with Crippen molar-refractivity contribution in [3.8, 4) is 11.1 Å². The first-order valence-electron chi connectivity index (χ1n) is 13.4. The molecule has 5 N–H and O–H groups in total. The van der Waals surface area contributed by atoms with Gasteiger partial charge < -0.3 is 26.4 Å². The standard InChI is InChI=1S/C31H36N4O5/c36-28(13-7-8-19-32-31(40)33-20-18-23-9-3-1-4-10-23)34-22-29(37)35-27(21-30(38)39)26-16-14-25(15-17-26)24-11-5-2-6-12-24/h1-6,9-12,14-17,27H,7-8,13,18-22H2,(H,34,36)(H,35,37)(H,38,39)(H2,32,33,40). The number of aliphatic carboxylic acids is 1. The molecule has 0 spiro atoms. The molecule has 40 heavy (non-hydrogen) atoms. The third-order valence-corrected chi connectivity index (χ3v) is 6.24. The molecule has 210 valence electrons. The van der Waals surface area contributed by atoms with E-state index in [2.05, 4.69) is 21.3 Å². The lowest BCUT2D eigenvalue weighted by molar-refractivity contribution is -0.138. The molecule has 0 aliphatic rings. The second kappa shape index (κ2) is 16.3. The van der Waals surface area contributed by atoms with Crippen molar-refractivity contribution in [3.05, 3.63) is 96.1 Å². The fraction of sp³-hybridized carbons (Fsp3) is 0.290. The number of carboxylic acid groups (broad SMARTS) is 1. The summed E-state index contributed by atoms with van der Waals surface area (Å²) in [7, 11) is 0. The highest BCUT2D eigenvalue weighted by molar-refractivity contribution is 5.85. The molecule has 0 aliphatic heterocycles. The van der Waals surface area contributed by atoms with Crippen molar-refractivity contribution in [2.75, 3.05) is 19.6 Å². The van der Waals surface area contributed by atoms with Gasteiger partial charge >= 0.3 is 12.0 Å². The van der Waals surface area contributed by atoms with Crippen LogP contribution < -0.4 is 21.3 Å². The molecule has 0 radical (unpaired) electrons. The maximum absolute atomic E-state index is 12.5. The number of amides is 4. The molecular formula is C31H36N4O5. The second-order valence-electron chi connectivity index (χ2n) is 9.36. The summed E-state index contributed by atoms with van der Waals surface area (Å²) in [6, 6.07) is 26.1. The van der Waals surface area contributed by atoms with Crippen LogP contribution in [0.3, 0.4) is 0 Å². The minimum Gasteiger partial charge on any atom is -0.481 e. The molecule has 4 amide bonds. The molecule has 0 saturated heterocycles. The minimum atomic E-state index is -1.04. The summed E-state index contributed by atoms with van der Waals surface area (Å²) in [4.78, 5) is 47.9. The zero-order valence-electron chi connectivity index (χ0n) is 22.4. The fourth-order valence-electron chi connectivity index (χ4n) is 4.12. The number of carbonyl (C=O) groups excluding carboxylic acids is 3. The summed E-state index contributed by atoms with van der Waals surface area (Å²) < 4.78 is 0. The molecular weight excluding hydrogens is 508 g/mol. The maximum atomic E-state index is 12.5. The van der Waals surface area contributed by atoms with Crippen molar-refractivity contribution in [3.63, 3.8) is 0 Å². The van der Waals surface area contributed by atoms with E-state index in [9.17, 15) is 24.3 Å². The number of hydrogen-bond acceptors (Lipinski definition) is 4. The van der Waals surface area contributed by atoms with E-state index < -0.39 is 17.9 Å². The van der Waals surface area contributed by atoms with E-state index in [1.165, 1.54) is 0 Å². The van der Waals surface area contributed by atoms with E-state index in [0.29, 0.717) is 31.5 Å². The molecule has 3 rings (SSSR count). The number of nitrogens with one attached hydrogen (secondary N) is 4. The third-order valence-electron chi connectivity index (χ3n) is 6.24. The number of carboxylic acids is 1. The van der Waals surface area contributed by atoms with Gasteiger partial charge in [0.25, 0.3) is 0 Å². The summed E-state index contributed by atoms with van der Waals surface area (Å²) in [6.45, 7) is 0.719. The van der Waals surface area contributed by atoms with Gasteiger partial charge in [0.1, 0.15) is 0 Å². The summed E-state index contributed by atoms with van der Waals surface area (Å²) >= 11 is 0. The van der Waals surface area contributed by atoms with Crippen LogP contribution in [-0.2, 0) is 20.8 Å². The van der Waals surface area contributed by atoms with Gasteiger partial charge in [0, 0.05) is 19.5 Å². The Morgan fingerprint density at radius 2 is 1.30 bits per heavy atom. The zero-order valence-corrected chi connectivity index (χ0v) is 22.4. The van der Waals surface area contributed by atoms with Crippen molar-refractivity contribution in [1.82, 2.24) is 21.3 Å². The van der Waals surface area contributed by atoms with Gasteiger partial charge in [-0.2, -0.15) is 0 Å². The van der Waals surface area contributed by atoms with Gasteiger partial charge in [-0.1, -0.05) is 84.9 Å². The Morgan fingerprint density at radius 1 is 0.675 bits per heavy atom. The summed E-state index contributed by atoms with van der Waals surface area (Å²) in [5, 5.41) is 20.2. The highest BCUT2D eigenvalue weighted by atomic mass is 16.4. The van der Waals surface area contributed by atoms with E-state index in [4.69, 9.17) is 0 Å². The Labute approximate surface area is 234 Å². The van der Waals surface area contributed by atoms with Gasteiger partial charge in [-0.05, 0) is 41.5 Å². The van der Waals surface area contributed by atoms with Crippen molar-refractivity contribution < 1.29 is 24.3 Å². The van der Waals surface area contributed by atoms with Gasteiger partial charge in [-0.3, -0.25) is 14.4 Å². The van der Waals surface area contributed by atoms with Crippen LogP contribution in [0.15, 0.2) is 84.9 Å². The number of hydrogen-bond donors (Lipinski definition) is 5. The topological polar surface area (TPSA) is 137 Å². The van der Waals surface area contributed by atoms with Crippen molar-refractivity contribution in [2.45, 2.75) is 38.1 Å². The average molecular weight is 545 g/mol. The van der Waals surface area contributed by atoms with Crippen molar-refractivity contribution in [2.24, 2.45) is 0 Å². The Hall–Kier alpha value is -4.66. The normalized spacial score (nSPS) is 11.2. The maximum Gasteiger partial charge on any atom is 0.314 e. The van der Waals surface area contributed by atoms with Gasteiger partial charge in [0.15, 0.2) is 0 Å².